The summed E-state index contributed by atoms with van der Waals surface area (Å²) in [5.74, 6) is 8.00. The summed E-state index contributed by atoms with van der Waals surface area (Å²) < 4.78 is 5.40. The number of hydrogen-bond donors (Lipinski definition) is 1. The maximum absolute atomic E-state index is 5.82. The zero-order valence-corrected chi connectivity index (χ0v) is 15.5. The van der Waals surface area contributed by atoms with Crippen molar-refractivity contribution in [2.24, 2.45) is 11.7 Å². The molecule has 2 aromatic carbocycles. The zero-order chi connectivity index (χ0) is 17.9. The van der Waals surface area contributed by atoms with E-state index in [2.05, 4.69) is 32.6 Å². The molecule has 0 aliphatic heterocycles. The quantitative estimate of drug-likeness (QED) is 0.717. The first-order valence-electron chi connectivity index (χ1n) is 8.52. The molecule has 2 aromatic rings. The molecule has 0 aliphatic carbocycles. The molecule has 1 unspecified atom stereocenters. The van der Waals surface area contributed by atoms with Gasteiger partial charge in [-0.3, -0.25) is 0 Å². The van der Waals surface area contributed by atoms with Crippen molar-refractivity contribution in [3.05, 3.63) is 65.2 Å². The Morgan fingerprint density at radius 3 is 1.60 bits per heavy atom. The Bertz CT molecular complexity index is 640. The van der Waals surface area contributed by atoms with E-state index in [1.807, 2.05) is 62.4 Å². The van der Waals surface area contributed by atoms with E-state index in [-0.39, 0.29) is 13.5 Å². The molecule has 0 amide bonds. The van der Waals surface area contributed by atoms with E-state index >= 15 is 0 Å². The first kappa shape index (κ1) is 22.8. The van der Waals surface area contributed by atoms with E-state index in [9.17, 15) is 0 Å². The second-order valence-corrected chi connectivity index (χ2v) is 6.35. The van der Waals surface area contributed by atoms with Crippen LogP contribution in [-0.4, -0.2) is 6.61 Å². The van der Waals surface area contributed by atoms with E-state index in [4.69, 9.17) is 10.5 Å². The lowest BCUT2D eigenvalue weighted by Gasteiger charge is -2.04. The van der Waals surface area contributed by atoms with Gasteiger partial charge in [-0.25, -0.2) is 0 Å². The Morgan fingerprint density at radius 1 is 0.840 bits per heavy atom. The molecule has 136 valence electrons. The maximum atomic E-state index is 5.82. The van der Waals surface area contributed by atoms with Gasteiger partial charge in [0.2, 0.25) is 0 Å². The van der Waals surface area contributed by atoms with Crippen molar-refractivity contribution in [2.45, 2.75) is 48.1 Å². The van der Waals surface area contributed by atoms with Gasteiger partial charge in [-0.2, -0.15) is 0 Å². The highest BCUT2D eigenvalue weighted by Gasteiger charge is 1.97. The van der Waals surface area contributed by atoms with Crippen molar-refractivity contribution in [1.29, 1.82) is 0 Å². The lowest BCUT2D eigenvalue weighted by Crippen LogP contribution is -2.04. The van der Waals surface area contributed by atoms with Gasteiger partial charge in [-0.05, 0) is 61.7 Å². The smallest absolute Gasteiger partial charge is 0.119 e. The molecule has 25 heavy (non-hydrogen) atoms. The zero-order valence-electron chi connectivity index (χ0n) is 15.5. The Balaban J connectivity index is 0.00000104. The van der Waals surface area contributed by atoms with Crippen LogP contribution in [0.2, 0.25) is 0 Å². The molecule has 0 heterocycles. The first-order valence-corrected chi connectivity index (χ1v) is 8.52. The van der Waals surface area contributed by atoms with Crippen LogP contribution in [0.15, 0.2) is 48.5 Å². The molecule has 0 saturated carbocycles. The monoisotopic (exact) mass is 339 g/mol. The predicted molar refractivity (Wildman–Crippen MR) is 110 cm³/mol. The highest BCUT2D eigenvalue weighted by Crippen LogP contribution is 2.12. The van der Waals surface area contributed by atoms with Crippen LogP contribution in [0.1, 0.15) is 64.8 Å². The lowest BCUT2D eigenvalue weighted by atomic mass is 10.1. The number of rotatable bonds is 3. The van der Waals surface area contributed by atoms with Crippen LogP contribution < -0.4 is 10.5 Å². The highest BCUT2D eigenvalue weighted by molar-refractivity contribution is 5.45. The fraction of sp³-hybridized carbons (Fsp3) is 0.391. The van der Waals surface area contributed by atoms with Crippen molar-refractivity contribution in [3.8, 4) is 17.6 Å². The van der Waals surface area contributed by atoms with Crippen molar-refractivity contribution in [2.75, 3.05) is 6.61 Å². The molecule has 0 saturated heterocycles. The van der Waals surface area contributed by atoms with Gasteiger partial charge in [0, 0.05) is 17.2 Å². The van der Waals surface area contributed by atoms with Crippen LogP contribution in [0.25, 0.3) is 0 Å². The molecule has 0 radical (unpaired) electrons. The molecule has 0 bridgehead atoms. The van der Waals surface area contributed by atoms with Gasteiger partial charge >= 0.3 is 0 Å². The minimum atomic E-state index is 0. The SMILES string of the molecule is C.CC(C)C.CCOc1ccc(C#Cc2ccc(C(C)N)cc2)cc1. The second kappa shape index (κ2) is 12.2. The molecule has 2 N–H and O–H groups in total. The van der Waals surface area contributed by atoms with Crippen LogP contribution in [0, 0.1) is 17.8 Å². The molecule has 2 heteroatoms. The van der Waals surface area contributed by atoms with E-state index < -0.39 is 0 Å². The molecule has 2 rings (SSSR count). The summed E-state index contributed by atoms with van der Waals surface area (Å²) in [5.41, 5.74) is 8.91. The van der Waals surface area contributed by atoms with Crippen LogP contribution in [0.4, 0.5) is 0 Å². The third-order valence-electron chi connectivity index (χ3n) is 2.95. The summed E-state index contributed by atoms with van der Waals surface area (Å²) in [6, 6.07) is 15.9. The molecule has 0 fully saturated rings. The van der Waals surface area contributed by atoms with Crippen LogP contribution in [-0.2, 0) is 0 Å². The average molecular weight is 340 g/mol. The summed E-state index contributed by atoms with van der Waals surface area (Å²) in [4.78, 5) is 0. The summed E-state index contributed by atoms with van der Waals surface area (Å²) in [7, 11) is 0. The summed E-state index contributed by atoms with van der Waals surface area (Å²) >= 11 is 0. The fourth-order valence-corrected chi connectivity index (χ4v) is 1.82. The van der Waals surface area contributed by atoms with Gasteiger partial charge < -0.3 is 10.5 Å². The molecule has 0 aliphatic rings. The third-order valence-corrected chi connectivity index (χ3v) is 2.95. The van der Waals surface area contributed by atoms with Crippen molar-refractivity contribution in [1.82, 2.24) is 0 Å². The topological polar surface area (TPSA) is 35.2 Å². The number of benzene rings is 2. The minimum Gasteiger partial charge on any atom is -0.494 e. The minimum absolute atomic E-state index is 0. The molecular weight excluding hydrogens is 306 g/mol. The summed E-state index contributed by atoms with van der Waals surface area (Å²) in [6.45, 7) is 11.1. The largest absolute Gasteiger partial charge is 0.494 e. The molecular formula is C23H33NO. The first-order chi connectivity index (χ1) is 11.4. The Morgan fingerprint density at radius 2 is 1.24 bits per heavy atom. The van der Waals surface area contributed by atoms with Crippen LogP contribution in [0.3, 0.4) is 0 Å². The second-order valence-electron chi connectivity index (χ2n) is 6.35. The summed E-state index contributed by atoms with van der Waals surface area (Å²) in [5, 5.41) is 0. The number of ether oxygens (including phenoxy) is 1. The van der Waals surface area contributed by atoms with Crippen molar-refractivity contribution >= 4 is 0 Å². The number of nitrogens with two attached hydrogens (primary N) is 1. The standard InChI is InChI=1S/C18H19NO.C4H10.CH4/c1-3-20-18-12-8-16(9-13-18)5-4-15-6-10-17(11-7-15)14(2)19;1-4(2)3;/h6-14H,3,19H2,1-2H3;4H,1-3H3;1H4. The Hall–Kier alpha value is -2.24. The fourth-order valence-electron chi connectivity index (χ4n) is 1.82. The highest BCUT2D eigenvalue weighted by atomic mass is 16.5. The number of hydrogen-bond acceptors (Lipinski definition) is 2. The van der Waals surface area contributed by atoms with Crippen molar-refractivity contribution < 1.29 is 4.74 Å². The molecule has 1 atom stereocenters. The normalized spacial score (nSPS) is 10.5. The van der Waals surface area contributed by atoms with E-state index in [1.165, 1.54) is 0 Å². The maximum Gasteiger partial charge on any atom is 0.119 e. The lowest BCUT2D eigenvalue weighted by molar-refractivity contribution is 0.340. The van der Waals surface area contributed by atoms with Crippen molar-refractivity contribution in [3.63, 3.8) is 0 Å². The van der Waals surface area contributed by atoms with Gasteiger partial charge in [0.05, 0.1) is 6.61 Å². The van der Waals surface area contributed by atoms with E-state index in [1.54, 1.807) is 0 Å². The van der Waals surface area contributed by atoms with Crippen LogP contribution in [0.5, 0.6) is 5.75 Å². The molecule has 2 nitrogen and oxygen atoms in total. The third kappa shape index (κ3) is 9.59. The average Bonchev–Trinajstić information content (AvgIpc) is 2.54. The van der Waals surface area contributed by atoms with Gasteiger partial charge in [0.25, 0.3) is 0 Å². The van der Waals surface area contributed by atoms with Gasteiger partial charge in [-0.15, -0.1) is 0 Å². The molecule has 0 aromatic heterocycles. The van der Waals surface area contributed by atoms with E-state index in [0.29, 0.717) is 6.61 Å². The Labute approximate surface area is 154 Å². The Kier molecular flexibility index (Phi) is 11.1. The van der Waals surface area contributed by atoms with Gasteiger partial charge in [0.15, 0.2) is 0 Å². The van der Waals surface area contributed by atoms with E-state index in [0.717, 1.165) is 28.4 Å². The molecule has 0 spiro atoms. The summed E-state index contributed by atoms with van der Waals surface area (Å²) in [6.07, 6.45) is 0. The predicted octanol–water partition coefficient (Wildman–Crippen LogP) is 5.80. The van der Waals surface area contributed by atoms with Gasteiger partial charge in [0.1, 0.15) is 5.75 Å². The van der Waals surface area contributed by atoms with Crippen LogP contribution >= 0.6 is 0 Å². The van der Waals surface area contributed by atoms with Gasteiger partial charge in [-0.1, -0.05) is 52.2 Å².